The van der Waals surface area contributed by atoms with Gasteiger partial charge >= 0.3 is 0 Å². The van der Waals surface area contributed by atoms with Gasteiger partial charge in [0.05, 0.1) is 6.54 Å². The van der Waals surface area contributed by atoms with Gasteiger partial charge in [0.2, 0.25) is 5.91 Å². The van der Waals surface area contributed by atoms with Gasteiger partial charge in [-0.05, 0) is 32.0 Å². The molecule has 2 rings (SSSR count). The molecular weight excluding hydrogens is 238 g/mol. The fourth-order valence-corrected chi connectivity index (χ4v) is 2.49. The molecule has 0 bridgehead atoms. The number of rotatable bonds is 3. The molecule has 1 atom stereocenters. The topological polar surface area (TPSA) is 35.6 Å². The zero-order valence-corrected chi connectivity index (χ0v) is 12.0. The minimum Gasteiger partial charge on any atom is -0.362 e. The third kappa shape index (κ3) is 3.07. The van der Waals surface area contributed by atoms with E-state index in [0.29, 0.717) is 6.54 Å². The second-order valence-electron chi connectivity index (χ2n) is 5.16. The van der Waals surface area contributed by atoms with Crippen LogP contribution in [0, 0.1) is 0 Å². The molecule has 1 unspecified atom stereocenters. The molecule has 104 valence electrons. The first-order chi connectivity index (χ1) is 9.13. The fourth-order valence-electron chi connectivity index (χ4n) is 2.49. The van der Waals surface area contributed by atoms with Gasteiger partial charge in [-0.2, -0.15) is 0 Å². The van der Waals surface area contributed by atoms with Crippen molar-refractivity contribution in [2.45, 2.75) is 19.4 Å². The first kappa shape index (κ1) is 13.9. The lowest BCUT2D eigenvalue weighted by Gasteiger charge is -2.26. The first-order valence-corrected chi connectivity index (χ1v) is 6.88. The first-order valence-electron chi connectivity index (χ1n) is 6.88. The van der Waals surface area contributed by atoms with E-state index in [9.17, 15) is 4.79 Å². The average molecular weight is 261 g/mol. The normalized spacial score (nSPS) is 18.4. The second-order valence-corrected chi connectivity index (χ2v) is 5.16. The molecule has 0 aromatic heterocycles. The van der Waals surface area contributed by atoms with Crippen LogP contribution in [0.2, 0.25) is 0 Å². The van der Waals surface area contributed by atoms with Crippen molar-refractivity contribution in [2.75, 3.05) is 38.6 Å². The lowest BCUT2D eigenvalue weighted by molar-refractivity contribution is -0.127. The molecule has 19 heavy (non-hydrogen) atoms. The van der Waals surface area contributed by atoms with Crippen molar-refractivity contribution in [3.8, 4) is 0 Å². The molecule has 0 saturated carbocycles. The smallest absolute Gasteiger partial charge is 0.241 e. The summed E-state index contributed by atoms with van der Waals surface area (Å²) in [5.74, 6) is 0.199. The number of amides is 1. The number of para-hydroxylation sites is 1. The summed E-state index contributed by atoms with van der Waals surface area (Å²) in [6.45, 7) is 4.40. The van der Waals surface area contributed by atoms with Crippen molar-refractivity contribution in [3.63, 3.8) is 0 Å². The summed E-state index contributed by atoms with van der Waals surface area (Å²) in [6, 6.07) is 8.63. The highest BCUT2D eigenvalue weighted by Crippen LogP contribution is 2.26. The molecule has 1 aliphatic heterocycles. The maximum Gasteiger partial charge on any atom is 0.241 e. The summed E-state index contributed by atoms with van der Waals surface area (Å²) >= 11 is 0. The summed E-state index contributed by atoms with van der Waals surface area (Å²) in [4.78, 5) is 16.0. The van der Waals surface area contributed by atoms with Gasteiger partial charge in [-0.1, -0.05) is 18.2 Å². The molecule has 0 radical (unpaired) electrons. The highest BCUT2D eigenvalue weighted by Gasteiger charge is 2.21. The van der Waals surface area contributed by atoms with Crippen LogP contribution < -0.4 is 10.2 Å². The molecule has 0 aliphatic carbocycles. The molecule has 1 N–H and O–H groups in total. The highest BCUT2D eigenvalue weighted by molar-refractivity contribution is 5.82. The van der Waals surface area contributed by atoms with Gasteiger partial charge in [0.25, 0.3) is 0 Å². The Balaban J connectivity index is 2.28. The molecule has 1 aromatic rings. The molecule has 1 saturated heterocycles. The van der Waals surface area contributed by atoms with Gasteiger partial charge in [-0.3, -0.25) is 4.79 Å². The van der Waals surface area contributed by atoms with Crippen LogP contribution in [0.15, 0.2) is 24.3 Å². The molecule has 0 spiro atoms. The van der Waals surface area contributed by atoms with E-state index in [2.05, 4.69) is 35.3 Å². The molecular formula is C15H23N3O. The van der Waals surface area contributed by atoms with Crippen LogP contribution in [-0.2, 0) is 4.79 Å². The Morgan fingerprint density at radius 1 is 1.26 bits per heavy atom. The second kappa shape index (κ2) is 6.06. The van der Waals surface area contributed by atoms with Gasteiger partial charge in [0, 0.05) is 31.9 Å². The van der Waals surface area contributed by atoms with Gasteiger partial charge in [-0.15, -0.1) is 0 Å². The lowest BCUT2D eigenvalue weighted by Crippen LogP contribution is -2.35. The minimum absolute atomic E-state index is 0.199. The van der Waals surface area contributed by atoms with Gasteiger partial charge in [0.15, 0.2) is 0 Å². The number of likely N-dealkylation sites (N-methyl/N-ethyl adjacent to an activating group) is 1. The number of hydrogen-bond donors (Lipinski definition) is 1. The molecule has 1 aromatic carbocycles. The third-order valence-corrected chi connectivity index (χ3v) is 3.85. The maximum atomic E-state index is 12.0. The summed E-state index contributed by atoms with van der Waals surface area (Å²) < 4.78 is 0. The van der Waals surface area contributed by atoms with Crippen molar-refractivity contribution in [1.82, 2.24) is 10.2 Å². The molecule has 1 fully saturated rings. The van der Waals surface area contributed by atoms with Crippen molar-refractivity contribution in [2.24, 2.45) is 0 Å². The van der Waals surface area contributed by atoms with E-state index in [4.69, 9.17) is 0 Å². The summed E-state index contributed by atoms with van der Waals surface area (Å²) in [5.41, 5.74) is 2.43. The number of carbonyl (C=O) groups excluding carboxylic acids is 1. The zero-order valence-electron chi connectivity index (χ0n) is 12.0. The highest BCUT2D eigenvalue weighted by atomic mass is 16.2. The standard InChI is InChI=1S/C15H23N3O/c1-12(16-2)13-7-4-5-8-14(13)18-10-6-9-17(3)15(19)11-18/h4-5,7-8,12,16H,6,9-11H2,1-3H3. The van der Waals surface area contributed by atoms with Crippen LogP contribution in [0.4, 0.5) is 5.69 Å². The molecule has 4 nitrogen and oxygen atoms in total. The van der Waals surface area contributed by atoms with Gasteiger partial charge < -0.3 is 15.1 Å². The van der Waals surface area contributed by atoms with E-state index in [-0.39, 0.29) is 11.9 Å². The number of carbonyl (C=O) groups is 1. The number of nitrogens with zero attached hydrogens (tertiary/aromatic N) is 2. The maximum absolute atomic E-state index is 12.0. The summed E-state index contributed by atoms with van der Waals surface area (Å²) in [7, 11) is 3.84. The third-order valence-electron chi connectivity index (χ3n) is 3.85. The Labute approximate surface area is 115 Å². The number of hydrogen-bond acceptors (Lipinski definition) is 3. The van der Waals surface area contributed by atoms with Crippen LogP contribution in [0.3, 0.4) is 0 Å². The quantitative estimate of drug-likeness (QED) is 0.898. The Bertz CT molecular complexity index is 447. The van der Waals surface area contributed by atoms with Crippen molar-refractivity contribution < 1.29 is 4.79 Å². The van der Waals surface area contributed by atoms with Crippen LogP contribution >= 0.6 is 0 Å². The van der Waals surface area contributed by atoms with Crippen LogP contribution in [0.5, 0.6) is 0 Å². The van der Waals surface area contributed by atoms with E-state index in [1.54, 1.807) is 0 Å². The van der Waals surface area contributed by atoms with E-state index in [1.807, 2.05) is 25.1 Å². The van der Waals surface area contributed by atoms with Crippen LogP contribution in [0.25, 0.3) is 0 Å². The Hall–Kier alpha value is -1.55. The zero-order chi connectivity index (χ0) is 13.8. The Morgan fingerprint density at radius 3 is 2.74 bits per heavy atom. The Kier molecular flexibility index (Phi) is 4.43. The van der Waals surface area contributed by atoms with Gasteiger partial charge in [0.1, 0.15) is 0 Å². The summed E-state index contributed by atoms with van der Waals surface area (Å²) in [5, 5.41) is 3.27. The minimum atomic E-state index is 0.199. The summed E-state index contributed by atoms with van der Waals surface area (Å²) in [6.07, 6.45) is 1.02. The predicted octanol–water partition coefficient (Wildman–Crippen LogP) is 1.64. The van der Waals surface area contributed by atoms with Crippen molar-refractivity contribution in [1.29, 1.82) is 0 Å². The lowest BCUT2D eigenvalue weighted by atomic mass is 10.1. The Morgan fingerprint density at radius 2 is 2.00 bits per heavy atom. The number of nitrogens with one attached hydrogen (secondary N) is 1. The van der Waals surface area contributed by atoms with E-state index < -0.39 is 0 Å². The SMILES string of the molecule is CNC(C)c1ccccc1N1CCCN(C)C(=O)C1. The monoisotopic (exact) mass is 261 g/mol. The van der Waals surface area contributed by atoms with Crippen LogP contribution in [0.1, 0.15) is 24.9 Å². The number of benzene rings is 1. The molecule has 1 amide bonds. The van der Waals surface area contributed by atoms with E-state index >= 15 is 0 Å². The average Bonchev–Trinajstić information content (AvgIpc) is 2.60. The van der Waals surface area contributed by atoms with Crippen molar-refractivity contribution >= 4 is 11.6 Å². The van der Waals surface area contributed by atoms with Crippen LogP contribution in [-0.4, -0.2) is 44.5 Å². The molecule has 1 aliphatic rings. The number of anilines is 1. The van der Waals surface area contributed by atoms with E-state index in [0.717, 1.165) is 19.5 Å². The van der Waals surface area contributed by atoms with E-state index in [1.165, 1.54) is 11.3 Å². The molecule has 1 heterocycles. The predicted molar refractivity (Wildman–Crippen MR) is 78.4 cm³/mol. The fraction of sp³-hybridized carbons (Fsp3) is 0.533. The molecule has 4 heteroatoms. The van der Waals surface area contributed by atoms with Gasteiger partial charge in [-0.25, -0.2) is 0 Å². The van der Waals surface area contributed by atoms with Crippen molar-refractivity contribution in [3.05, 3.63) is 29.8 Å². The largest absolute Gasteiger partial charge is 0.362 e.